The summed E-state index contributed by atoms with van der Waals surface area (Å²) in [6, 6.07) is 5.72. The van der Waals surface area contributed by atoms with Crippen molar-refractivity contribution < 1.29 is 4.39 Å². The molecule has 0 fully saturated rings. The fraction of sp³-hybridized carbons (Fsp3) is 0.647. The average Bonchev–Trinajstić information content (AvgIpc) is 2.26. The number of hydrogen-bond acceptors (Lipinski definition) is 2. The topological polar surface area (TPSA) is 12.0 Å². The summed E-state index contributed by atoms with van der Waals surface area (Å²) >= 11 is 1.64. The fourth-order valence-electron chi connectivity index (χ4n) is 3.38. The molecule has 112 valence electrons. The van der Waals surface area contributed by atoms with Crippen molar-refractivity contribution in [3.05, 3.63) is 29.6 Å². The number of thioether (sulfide) groups is 1. The Balaban J connectivity index is 2.18. The zero-order valence-corrected chi connectivity index (χ0v) is 14.0. The van der Waals surface area contributed by atoms with Crippen LogP contribution in [0.15, 0.2) is 23.1 Å². The number of rotatable bonds is 3. The second kappa shape index (κ2) is 5.69. The maximum atomic E-state index is 13.9. The highest BCUT2D eigenvalue weighted by molar-refractivity contribution is 7.99. The van der Waals surface area contributed by atoms with E-state index in [1.54, 1.807) is 17.8 Å². The molecule has 1 nitrogen and oxygen atoms in total. The predicted molar refractivity (Wildman–Crippen MR) is 85.8 cm³/mol. The molecule has 1 aromatic carbocycles. The van der Waals surface area contributed by atoms with Crippen LogP contribution in [0.1, 0.15) is 59.1 Å². The van der Waals surface area contributed by atoms with Crippen LogP contribution in [-0.4, -0.2) is 11.3 Å². The first kappa shape index (κ1) is 15.8. The minimum atomic E-state index is -0.0763. The molecule has 0 spiro atoms. The van der Waals surface area contributed by atoms with E-state index in [4.69, 9.17) is 0 Å². The summed E-state index contributed by atoms with van der Waals surface area (Å²) in [6.07, 6.45) is 2.16. The Morgan fingerprint density at radius 1 is 1.25 bits per heavy atom. The molecule has 2 rings (SSSR count). The molecular weight excluding hydrogens is 269 g/mol. The molecule has 1 aromatic rings. The van der Waals surface area contributed by atoms with E-state index in [0.717, 1.165) is 29.1 Å². The Morgan fingerprint density at radius 2 is 1.95 bits per heavy atom. The van der Waals surface area contributed by atoms with Crippen LogP contribution in [0, 0.1) is 11.2 Å². The third-order valence-corrected chi connectivity index (χ3v) is 4.72. The number of fused-ring (bicyclic) bond motifs is 1. The highest BCUT2D eigenvalue weighted by Crippen LogP contribution is 2.39. The second-order valence-electron chi connectivity index (χ2n) is 7.61. The van der Waals surface area contributed by atoms with E-state index in [9.17, 15) is 4.39 Å². The number of benzene rings is 1. The van der Waals surface area contributed by atoms with Crippen LogP contribution in [-0.2, 0) is 0 Å². The van der Waals surface area contributed by atoms with Gasteiger partial charge in [-0.2, -0.15) is 0 Å². The maximum Gasteiger partial charge on any atom is 0.137 e. The molecule has 3 heteroatoms. The first-order chi connectivity index (χ1) is 9.18. The fourth-order valence-corrected chi connectivity index (χ4v) is 4.53. The monoisotopic (exact) mass is 295 g/mol. The molecule has 0 radical (unpaired) electrons. The van der Waals surface area contributed by atoms with Gasteiger partial charge in [-0.05, 0) is 49.5 Å². The lowest BCUT2D eigenvalue weighted by Crippen LogP contribution is -2.45. The molecule has 1 aliphatic heterocycles. The molecule has 1 atom stereocenters. The van der Waals surface area contributed by atoms with Crippen molar-refractivity contribution in [3.63, 3.8) is 0 Å². The first-order valence-electron chi connectivity index (χ1n) is 7.37. The summed E-state index contributed by atoms with van der Waals surface area (Å²) in [5, 5.41) is 3.76. The summed E-state index contributed by atoms with van der Waals surface area (Å²) in [4.78, 5) is 0.836. The number of nitrogens with one attached hydrogen (secondary N) is 1. The van der Waals surface area contributed by atoms with Crippen LogP contribution < -0.4 is 5.32 Å². The molecule has 0 saturated heterocycles. The third-order valence-electron chi connectivity index (χ3n) is 3.56. The van der Waals surface area contributed by atoms with Crippen LogP contribution in [0.5, 0.6) is 0 Å². The second-order valence-corrected chi connectivity index (χ2v) is 8.72. The molecule has 0 bridgehead atoms. The lowest BCUT2D eigenvalue weighted by Gasteiger charge is -2.38. The highest BCUT2D eigenvalue weighted by atomic mass is 32.2. The Bertz CT molecular complexity index is 476. The third kappa shape index (κ3) is 3.98. The van der Waals surface area contributed by atoms with E-state index in [0.29, 0.717) is 0 Å². The maximum absolute atomic E-state index is 13.9. The molecular formula is C17H26FNS. The van der Waals surface area contributed by atoms with E-state index in [1.807, 2.05) is 6.07 Å². The minimum absolute atomic E-state index is 0.0501. The molecule has 1 aliphatic rings. The van der Waals surface area contributed by atoms with Gasteiger partial charge >= 0.3 is 0 Å². The van der Waals surface area contributed by atoms with Crippen molar-refractivity contribution in [2.75, 3.05) is 5.75 Å². The largest absolute Gasteiger partial charge is 0.305 e. The Morgan fingerprint density at radius 3 is 2.60 bits per heavy atom. The minimum Gasteiger partial charge on any atom is -0.305 e. The van der Waals surface area contributed by atoms with E-state index in [-0.39, 0.29) is 22.8 Å². The molecule has 1 unspecified atom stereocenters. The Labute approximate surface area is 126 Å². The van der Waals surface area contributed by atoms with Gasteiger partial charge in [0.05, 0.1) is 0 Å². The average molecular weight is 295 g/mol. The molecule has 0 saturated carbocycles. The van der Waals surface area contributed by atoms with E-state index in [1.165, 1.54) is 0 Å². The quantitative estimate of drug-likeness (QED) is 0.826. The van der Waals surface area contributed by atoms with Gasteiger partial charge in [0.1, 0.15) is 5.82 Å². The van der Waals surface area contributed by atoms with Gasteiger partial charge in [0, 0.05) is 16.5 Å². The van der Waals surface area contributed by atoms with E-state index in [2.05, 4.69) is 46.0 Å². The highest BCUT2D eigenvalue weighted by Gasteiger charge is 2.31. The summed E-state index contributed by atoms with van der Waals surface area (Å²) in [5.74, 6) is 0.907. The summed E-state index contributed by atoms with van der Waals surface area (Å²) in [6.45, 7) is 11.3. The molecule has 0 aromatic heterocycles. The zero-order chi connectivity index (χ0) is 15.0. The van der Waals surface area contributed by atoms with Gasteiger partial charge in [-0.25, -0.2) is 4.39 Å². The van der Waals surface area contributed by atoms with Crippen molar-refractivity contribution in [1.29, 1.82) is 0 Å². The van der Waals surface area contributed by atoms with Crippen molar-refractivity contribution >= 4 is 11.8 Å². The Kier molecular flexibility index (Phi) is 4.50. The van der Waals surface area contributed by atoms with E-state index >= 15 is 0 Å². The lowest BCUT2D eigenvalue weighted by molar-refractivity contribution is 0.219. The molecule has 0 aliphatic carbocycles. The van der Waals surface area contributed by atoms with Gasteiger partial charge in [0.2, 0.25) is 0 Å². The van der Waals surface area contributed by atoms with Crippen LogP contribution in [0.2, 0.25) is 0 Å². The summed E-state index contributed by atoms with van der Waals surface area (Å²) in [5.41, 5.74) is 1.46. The van der Waals surface area contributed by atoms with Crippen LogP contribution in [0.4, 0.5) is 4.39 Å². The normalized spacial score (nSPS) is 19.8. The van der Waals surface area contributed by atoms with Gasteiger partial charge in [0.15, 0.2) is 0 Å². The van der Waals surface area contributed by atoms with E-state index < -0.39 is 0 Å². The number of hydrogen-bond donors (Lipinski definition) is 1. The van der Waals surface area contributed by atoms with Gasteiger partial charge in [0.25, 0.3) is 0 Å². The van der Waals surface area contributed by atoms with Crippen molar-refractivity contribution in [2.45, 2.75) is 63.9 Å². The molecule has 0 amide bonds. The number of halogens is 1. The van der Waals surface area contributed by atoms with Gasteiger partial charge in [-0.15, -0.1) is 11.8 Å². The Hall–Kier alpha value is -0.540. The lowest BCUT2D eigenvalue weighted by atomic mass is 9.81. The first-order valence-corrected chi connectivity index (χ1v) is 8.35. The van der Waals surface area contributed by atoms with Gasteiger partial charge < -0.3 is 5.32 Å². The molecule has 1 heterocycles. The van der Waals surface area contributed by atoms with Gasteiger partial charge in [-0.1, -0.05) is 32.9 Å². The summed E-state index contributed by atoms with van der Waals surface area (Å²) in [7, 11) is 0. The van der Waals surface area contributed by atoms with Crippen LogP contribution in [0.3, 0.4) is 0 Å². The van der Waals surface area contributed by atoms with Crippen LogP contribution in [0.25, 0.3) is 0 Å². The standard InChI is InChI=1S/C17H26FNS/c1-16(2,3)11-17(4,5)19-14-9-10-20-15-12(14)7-6-8-13(15)18/h6-8,14,19H,9-11H2,1-5H3. The smallest absolute Gasteiger partial charge is 0.137 e. The molecule has 1 N–H and O–H groups in total. The van der Waals surface area contributed by atoms with Crippen molar-refractivity contribution in [2.24, 2.45) is 5.41 Å². The van der Waals surface area contributed by atoms with Crippen molar-refractivity contribution in [3.8, 4) is 0 Å². The SMILES string of the molecule is CC(C)(C)CC(C)(C)NC1CCSc2c(F)cccc21. The predicted octanol–water partition coefficient (Wildman–Crippen LogP) is 5.17. The molecule has 20 heavy (non-hydrogen) atoms. The van der Waals surface area contributed by atoms with Crippen molar-refractivity contribution in [1.82, 2.24) is 5.32 Å². The summed E-state index contributed by atoms with van der Waals surface area (Å²) < 4.78 is 13.9. The van der Waals surface area contributed by atoms with Gasteiger partial charge in [-0.3, -0.25) is 0 Å². The van der Waals surface area contributed by atoms with Crippen LogP contribution >= 0.6 is 11.8 Å². The zero-order valence-electron chi connectivity index (χ0n) is 13.2.